The van der Waals surface area contributed by atoms with Crippen molar-refractivity contribution in [3.8, 4) is 0 Å². The molecule has 0 rings (SSSR count). The maximum atomic E-state index is 10.5. The van der Waals surface area contributed by atoms with Crippen molar-refractivity contribution in [2.75, 3.05) is 14.2 Å². The molecule has 0 saturated carbocycles. The lowest BCUT2D eigenvalue weighted by atomic mass is 10.3. The zero-order valence-corrected chi connectivity index (χ0v) is 5.76. The summed E-state index contributed by atoms with van der Waals surface area (Å²) in [7, 11) is 2.94. The van der Waals surface area contributed by atoms with Gasteiger partial charge >= 0.3 is 0 Å². The van der Waals surface area contributed by atoms with E-state index in [-0.39, 0.29) is 0 Å². The van der Waals surface area contributed by atoms with Gasteiger partial charge in [0.1, 0.15) is 5.72 Å². The molecular weight excluding hydrogens is 106 g/mol. The second-order valence-corrected chi connectivity index (χ2v) is 2.15. The maximum absolute atomic E-state index is 10.5. The van der Waals surface area contributed by atoms with Crippen LogP contribution >= 0.6 is 0 Å². The predicted molar refractivity (Wildman–Crippen MR) is 32.2 cm³/mol. The van der Waals surface area contributed by atoms with Crippen molar-refractivity contribution in [3.63, 3.8) is 0 Å². The van der Waals surface area contributed by atoms with Crippen LogP contribution < -0.4 is 0 Å². The average Bonchev–Trinajstić information content (AvgIpc) is 1.67. The first-order valence-electron chi connectivity index (χ1n) is 2.47. The van der Waals surface area contributed by atoms with E-state index in [4.69, 9.17) is 4.74 Å². The molecule has 0 saturated heterocycles. The second-order valence-electron chi connectivity index (χ2n) is 2.15. The van der Waals surface area contributed by atoms with E-state index in [1.165, 1.54) is 14.2 Å². The number of ether oxygens (including phenoxy) is 1. The van der Waals surface area contributed by atoms with E-state index < -0.39 is 5.72 Å². The van der Waals surface area contributed by atoms with Gasteiger partial charge in [0.25, 0.3) is 0 Å². The van der Waals surface area contributed by atoms with E-state index in [1.54, 1.807) is 13.8 Å². The van der Waals surface area contributed by atoms with Crippen LogP contribution in [-0.2, 0) is 4.74 Å². The monoisotopic (exact) mass is 118 g/mol. The first-order chi connectivity index (χ1) is 3.50. The van der Waals surface area contributed by atoms with Gasteiger partial charge in [-0.25, -0.2) is 0 Å². The van der Waals surface area contributed by atoms with Crippen molar-refractivity contribution in [2.45, 2.75) is 19.6 Å². The Kier molecular flexibility index (Phi) is 2.40. The Labute approximate surface area is 49.8 Å². The van der Waals surface area contributed by atoms with Crippen molar-refractivity contribution in [1.29, 1.82) is 0 Å². The van der Waals surface area contributed by atoms with Crippen LogP contribution in [0, 0.1) is 5.21 Å². The molecule has 0 bridgehead atoms. The third kappa shape index (κ3) is 1.78. The van der Waals surface area contributed by atoms with Crippen LogP contribution in [0.1, 0.15) is 13.8 Å². The molecule has 50 valence electrons. The molecule has 0 amide bonds. The van der Waals surface area contributed by atoms with Gasteiger partial charge in [-0.05, 0) is 20.9 Å². The molecule has 0 atom stereocenters. The predicted octanol–water partition coefficient (Wildman–Crippen LogP) is 0.798. The van der Waals surface area contributed by atoms with E-state index in [0.29, 0.717) is 0 Å². The lowest BCUT2D eigenvalue weighted by Crippen LogP contribution is -2.38. The molecule has 0 spiro atoms. The molecule has 8 heavy (non-hydrogen) atoms. The number of nitrogens with zero attached hydrogens (tertiary/aromatic N) is 1. The zero-order valence-electron chi connectivity index (χ0n) is 5.76. The van der Waals surface area contributed by atoms with Gasteiger partial charge in [-0.15, -0.1) is 0 Å². The van der Waals surface area contributed by atoms with Gasteiger partial charge < -0.3 is 15.0 Å². The minimum absolute atomic E-state index is 0.681. The quantitative estimate of drug-likeness (QED) is 0.397. The molecule has 0 aliphatic rings. The number of hydroxylamine groups is 2. The third-order valence-electron chi connectivity index (χ3n) is 1.26. The Morgan fingerprint density at radius 3 is 1.88 bits per heavy atom. The summed E-state index contributed by atoms with van der Waals surface area (Å²) in [6.07, 6.45) is 0. The maximum Gasteiger partial charge on any atom is 0.104 e. The largest absolute Gasteiger partial charge is 0.783 e. The topological polar surface area (TPSA) is 35.5 Å². The van der Waals surface area contributed by atoms with E-state index >= 15 is 0 Å². The lowest BCUT2D eigenvalue weighted by Gasteiger charge is -2.39. The van der Waals surface area contributed by atoms with Crippen molar-refractivity contribution in [2.24, 2.45) is 0 Å². The minimum Gasteiger partial charge on any atom is -0.783 e. The normalized spacial score (nSPS) is 12.8. The highest BCUT2D eigenvalue weighted by atomic mass is 16.6. The molecule has 0 aromatic carbocycles. The summed E-state index contributed by atoms with van der Waals surface area (Å²) < 4.78 is 4.81. The number of rotatable bonds is 2. The van der Waals surface area contributed by atoms with Crippen LogP contribution in [0.2, 0.25) is 0 Å². The summed E-state index contributed by atoms with van der Waals surface area (Å²) in [6.45, 7) is 3.42. The van der Waals surface area contributed by atoms with Crippen LogP contribution in [0.25, 0.3) is 0 Å². The van der Waals surface area contributed by atoms with Crippen LogP contribution in [-0.4, -0.2) is 24.9 Å². The van der Waals surface area contributed by atoms with Crippen LogP contribution in [0.15, 0.2) is 0 Å². The van der Waals surface area contributed by atoms with Crippen molar-refractivity contribution in [3.05, 3.63) is 5.21 Å². The second kappa shape index (κ2) is 2.44. The van der Waals surface area contributed by atoms with E-state index in [1.807, 2.05) is 0 Å². The minimum atomic E-state index is -0.681. The summed E-state index contributed by atoms with van der Waals surface area (Å²) in [6, 6.07) is 0. The Morgan fingerprint density at radius 1 is 1.50 bits per heavy atom. The molecule has 0 radical (unpaired) electrons. The molecule has 0 aliphatic carbocycles. The van der Waals surface area contributed by atoms with Crippen molar-refractivity contribution < 1.29 is 4.74 Å². The van der Waals surface area contributed by atoms with Gasteiger partial charge in [-0.3, -0.25) is 0 Å². The van der Waals surface area contributed by atoms with Gasteiger partial charge in [-0.1, -0.05) is 0 Å². The molecule has 3 nitrogen and oxygen atoms in total. The SMILES string of the molecule is COC(C)(C)N(C)[O-]. The van der Waals surface area contributed by atoms with Gasteiger partial charge in [0.15, 0.2) is 0 Å². The average molecular weight is 118 g/mol. The lowest BCUT2D eigenvalue weighted by molar-refractivity contribution is -0.0731. The highest BCUT2D eigenvalue weighted by molar-refractivity contribution is 4.66. The number of methoxy groups -OCH3 is 1. The first kappa shape index (κ1) is 7.88. The molecule has 0 aromatic rings. The van der Waals surface area contributed by atoms with Gasteiger partial charge in [0.05, 0.1) is 0 Å². The molecule has 0 N–H and O–H groups in total. The fraction of sp³-hybridized carbons (Fsp3) is 1.00. The summed E-state index contributed by atoms with van der Waals surface area (Å²) in [4.78, 5) is 0. The Morgan fingerprint density at radius 2 is 1.88 bits per heavy atom. The van der Waals surface area contributed by atoms with Gasteiger partial charge in [-0.2, -0.15) is 0 Å². The Balaban J connectivity index is 3.71. The molecule has 3 heteroatoms. The molecule has 0 aliphatic heterocycles. The highest BCUT2D eigenvalue weighted by Crippen LogP contribution is 2.09. The van der Waals surface area contributed by atoms with Crippen LogP contribution in [0.3, 0.4) is 0 Å². The summed E-state index contributed by atoms with van der Waals surface area (Å²) in [5, 5.41) is 11.3. The van der Waals surface area contributed by atoms with E-state index in [9.17, 15) is 5.21 Å². The summed E-state index contributed by atoms with van der Waals surface area (Å²) in [5.74, 6) is 0. The fourth-order valence-corrected chi connectivity index (χ4v) is 0.129. The van der Waals surface area contributed by atoms with Crippen LogP contribution in [0.5, 0.6) is 0 Å². The fourth-order valence-electron chi connectivity index (χ4n) is 0.129. The third-order valence-corrected chi connectivity index (χ3v) is 1.26. The smallest absolute Gasteiger partial charge is 0.104 e. The number of hydrogen-bond donors (Lipinski definition) is 0. The van der Waals surface area contributed by atoms with Crippen LogP contribution in [0.4, 0.5) is 0 Å². The summed E-state index contributed by atoms with van der Waals surface area (Å²) >= 11 is 0. The van der Waals surface area contributed by atoms with Gasteiger partial charge in [0, 0.05) is 7.11 Å². The Bertz CT molecular complexity index is 70.8. The van der Waals surface area contributed by atoms with E-state index in [0.717, 1.165) is 5.06 Å². The van der Waals surface area contributed by atoms with Gasteiger partial charge in [0.2, 0.25) is 0 Å². The molecular formula is C5H12NO2-. The molecule has 0 unspecified atom stereocenters. The number of hydrogen-bond acceptors (Lipinski definition) is 3. The zero-order chi connectivity index (χ0) is 6.78. The molecule has 0 fully saturated rings. The summed E-state index contributed by atoms with van der Waals surface area (Å²) in [5.41, 5.74) is -0.681. The molecule has 0 heterocycles. The highest BCUT2D eigenvalue weighted by Gasteiger charge is 2.13. The van der Waals surface area contributed by atoms with E-state index in [2.05, 4.69) is 0 Å². The molecule has 0 aromatic heterocycles. The Hall–Kier alpha value is -0.120. The first-order valence-corrected chi connectivity index (χ1v) is 2.47. The van der Waals surface area contributed by atoms with Crippen molar-refractivity contribution in [1.82, 2.24) is 5.06 Å². The van der Waals surface area contributed by atoms with Crippen molar-refractivity contribution >= 4 is 0 Å². The standard InChI is InChI=1S/C5H12NO2/c1-5(2,8-4)6(3)7/h1-4H3/q-1.